The average molecular weight is 144 g/mol. The number of likely N-dealkylation sites (tertiary alicyclic amines) is 1. The Morgan fingerprint density at radius 1 is 1.40 bits per heavy atom. The Balaban J connectivity index is 1.86. The number of hydrogen-bond donors (Lipinski definition) is 2. The number of aliphatic hydroxyl groups excluding tert-OH is 1. The first kappa shape index (κ1) is 7.98. The van der Waals surface area contributed by atoms with Gasteiger partial charge in [-0.2, -0.15) is 0 Å². The minimum atomic E-state index is 0.319. The van der Waals surface area contributed by atoms with Gasteiger partial charge in [-0.3, -0.25) is 0 Å². The van der Waals surface area contributed by atoms with Crippen LogP contribution in [0.1, 0.15) is 12.8 Å². The van der Waals surface area contributed by atoms with E-state index in [1.54, 1.807) is 0 Å². The molecule has 1 aliphatic heterocycles. The molecule has 0 unspecified atom stereocenters. The third-order valence-electron chi connectivity index (χ3n) is 1.87. The molecule has 1 heterocycles. The summed E-state index contributed by atoms with van der Waals surface area (Å²) in [7, 11) is 0. The second-order valence-corrected chi connectivity index (χ2v) is 2.95. The van der Waals surface area contributed by atoms with Crippen molar-refractivity contribution in [2.45, 2.75) is 18.9 Å². The molecule has 0 aromatic carbocycles. The van der Waals surface area contributed by atoms with Gasteiger partial charge in [-0.1, -0.05) is 0 Å². The standard InChI is InChI=1S/C7H16N2O/c8-7-5-9(6-7)3-1-2-4-10/h7,10H,1-6,8H2. The molecule has 0 amide bonds. The molecule has 0 aromatic heterocycles. The maximum atomic E-state index is 8.48. The van der Waals surface area contributed by atoms with Gasteiger partial charge in [-0.05, 0) is 19.4 Å². The summed E-state index contributed by atoms with van der Waals surface area (Å²) in [4.78, 5) is 2.32. The van der Waals surface area contributed by atoms with Crippen molar-refractivity contribution in [3.8, 4) is 0 Å². The van der Waals surface area contributed by atoms with Crippen LogP contribution < -0.4 is 5.73 Å². The van der Waals surface area contributed by atoms with E-state index in [0.717, 1.165) is 32.5 Å². The molecule has 0 radical (unpaired) electrons. The van der Waals surface area contributed by atoms with Crippen molar-refractivity contribution in [2.24, 2.45) is 5.73 Å². The number of aliphatic hydroxyl groups is 1. The van der Waals surface area contributed by atoms with Gasteiger partial charge < -0.3 is 15.7 Å². The zero-order chi connectivity index (χ0) is 7.40. The summed E-state index contributed by atoms with van der Waals surface area (Å²) in [6.07, 6.45) is 2.02. The summed E-state index contributed by atoms with van der Waals surface area (Å²) in [6, 6.07) is 0.411. The lowest BCUT2D eigenvalue weighted by molar-refractivity contribution is 0.144. The van der Waals surface area contributed by atoms with E-state index in [2.05, 4.69) is 4.90 Å². The summed E-state index contributed by atoms with van der Waals surface area (Å²) >= 11 is 0. The summed E-state index contributed by atoms with van der Waals surface area (Å²) < 4.78 is 0. The lowest BCUT2D eigenvalue weighted by atomic mass is 10.1. The number of nitrogens with two attached hydrogens (primary N) is 1. The van der Waals surface area contributed by atoms with E-state index in [1.807, 2.05) is 0 Å². The minimum absolute atomic E-state index is 0.319. The topological polar surface area (TPSA) is 49.5 Å². The smallest absolute Gasteiger partial charge is 0.0431 e. The van der Waals surface area contributed by atoms with Gasteiger partial charge in [0.2, 0.25) is 0 Å². The molecule has 0 spiro atoms. The molecule has 0 aromatic rings. The number of rotatable bonds is 4. The van der Waals surface area contributed by atoms with Crippen molar-refractivity contribution >= 4 is 0 Å². The first-order chi connectivity index (χ1) is 4.83. The van der Waals surface area contributed by atoms with Crippen LogP contribution in [0.3, 0.4) is 0 Å². The molecular weight excluding hydrogens is 128 g/mol. The Labute approximate surface area is 61.8 Å². The second-order valence-electron chi connectivity index (χ2n) is 2.95. The third kappa shape index (κ3) is 2.25. The summed E-state index contributed by atoms with van der Waals surface area (Å²) in [5.41, 5.74) is 5.58. The molecule has 1 saturated heterocycles. The molecule has 3 heteroatoms. The van der Waals surface area contributed by atoms with Gasteiger partial charge in [-0.15, -0.1) is 0 Å². The molecule has 0 aliphatic carbocycles. The van der Waals surface area contributed by atoms with Crippen LogP contribution in [0.2, 0.25) is 0 Å². The van der Waals surface area contributed by atoms with Crippen LogP contribution in [0.25, 0.3) is 0 Å². The highest BCUT2D eigenvalue weighted by Gasteiger charge is 2.21. The maximum Gasteiger partial charge on any atom is 0.0431 e. The predicted molar refractivity (Wildman–Crippen MR) is 40.7 cm³/mol. The molecule has 10 heavy (non-hydrogen) atoms. The molecule has 60 valence electrons. The van der Waals surface area contributed by atoms with Gasteiger partial charge in [0.25, 0.3) is 0 Å². The third-order valence-corrected chi connectivity index (χ3v) is 1.87. The van der Waals surface area contributed by atoms with Gasteiger partial charge in [-0.25, -0.2) is 0 Å². The molecule has 0 atom stereocenters. The highest BCUT2D eigenvalue weighted by molar-refractivity contribution is 4.81. The molecule has 1 fully saturated rings. The molecule has 1 rings (SSSR count). The fourth-order valence-electron chi connectivity index (χ4n) is 1.24. The summed E-state index contributed by atoms with van der Waals surface area (Å²) in [5.74, 6) is 0. The maximum absolute atomic E-state index is 8.48. The highest BCUT2D eigenvalue weighted by atomic mass is 16.2. The van der Waals surface area contributed by atoms with Crippen molar-refractivity contribution < 1.29 is 5.11 Å². The number of hydrogen-bond acceptors (Lipinski definition) is 3. The Morgan fingerprint density at radius 3 is 2.60 bits per heavy atom. The van der Waals surface area contributed by atoms with Crippen LogP contribution in [-0.2, 0) is 0 Å². The van der Waals surface area contributed by atoms with Gasteiger partial charge in [0, 0.05) is 25.7 Å². The average Bonchev–Trinajstić information content (AvgIpc) is 1.85. The van der Waals surface area contributed by atoms with Crippen molar-refractivity contribution in [2.75, 3.05) is 26.2 Å². The van der Waals surface area contributed by atoms with E-state index < -0.39 is 0 Å². The van der Waals surface area contributed by atoms with E-state index in [-0.39, 0.29) is 0 Å². The first-order valence-electron chi connectivity index (χ1n) is 3.91. The van der Waals surface area contributed by atoms with Crippen LogP contribution in [0.4, 0.5) is 0 Å². The molecule has 3 nitrogen and oxygen atoms in total. The van der Waals surface area contributed by atoms with Crippen molar-refractivity contribution in [1.82, 2.24) is 4.90 Å². The van der Waals surface area contributed by atoms with E-state index in [9.17, 15) is 0 Å². The van der Waals surface area contributed by atoms with E-state index in [4.69, 9.17) is 10.8 Å². The Bertz CT molecular complexity index is 91.6. The molecule has 0 saturated carbocycles. The molecule has 0 bridgehead atoms. The van der Waals surface area contributed by atoms with Crippen molar-refractivity contribution in [3.63, 3.8) is 0 Å². The van der Waals surface area contributed by atoms with Gasteiger partial charge in [0.05, 0.1) is 0 Å². The normalized spacial score (nSPS) is 21.0. The molecular formula is C7H16N2O. The van der Waals surface area contributed by atoms with Crippen LogP contribution in [0.15, 0.2) is 0 Å². The van der Waals surface area contributed by atoms with Crippen molar-refractivity contribution in [3.05, 3.63) is 0 Å². The zero-order valence-electron chi connectivity index (χ0n) is 6.29. The van der Waals surface area contributed by atoms with Crippen LogP contribution in [0, 0.1) is 0 Å². The highest BCUT2D eigenvalue weighted by Crippen LogP contribution is 2.05. The van der Waals surface area contributed by atoms with E-state index in [0.29, 0.717) is 12.6 Å². The van der Waals surface area contributed by atoms with E-state index >= 15 is 0 Å². The Kier molecular flexibility index (Phi) is 3.12. The number of unbranched alkanes of at least 4 members (excludes halogenated alkanes) is 1. The number of nitrogens with zero attached hydrogens (tertiary/aromatic N) is 1. The molecule has 1 aliphatic rings. The fraction of sp³-hybridized carbons (Fsp3) is 1.00. The Hall–Kier alpha value is -0.120. The Morgan fingerprint density at radius 2 is 2.10 bits per heavy atom. The lowest BCUT2D eigenvalue weighted by Gasteiger charge is -2.36. The fourth-order valence-corrected chi connectivity index (χ4v) is 1.24. The van der Waals surface area contributed by atoms with Crippen LogP contribution in [-0.4, -0.2) is 42.3 Å². The monoisotopic (exact) mass is 144 g/mol. The van der Waals surface area contributed by atoms with E-state index in [1.165, 1.54) is 0 Å². The van der Waals surface area contributed by atoms with Gasteiger partial charge >= 0.3 is 0 Å². The second kappa shape index (κ2) is 3.91. The predicted octanol–water partition coefficient (Wildman–Crippen LogP) is -0.598. The van der Waals surface area contributed by atoms with Gasteiger partial charge in [0.15, 0.2) is 0 Å². The molecule has 3 N–H and O–H groups in total. The quantitative estimate of drug-likeness (QED) is 0.518. The van der Waals surface area contributed by atoms with Crippen LogP contribution in [0.5, 0.6) is 0 Å². The van der Waals surface area contributed by atoms with Crippen LogP contribution >= 0.6 is 0 Å². The van der Waals surface area contributed by atoms with Gasteiger partial charge in [0.1, 0.15) is 0 Å². The van der Waals surface area contributed by atoms with Crippen molar-refractivity contribution in [1.29, 1.82) is 0 Å². The SMILES string of the molecule is NC1CN(CCCCO)C1. The lowest BCUT2D eigenvalue weighted by Crippen LogP contribution is -2.55. The minimum Gasteiger partial charge on any atom is -0.396 e. The zero-order valence-corrected chi connectivity index (χ0v) is 6.29. The first-order valence-corrected chi connectivity index (χ1v) is 3.91. The summed E-state index contributed by atoms with van der Waals surface area (Å²) in [5, 5.41) is 8.48. The summed E-state index contributed by atoms with van der Waals surface area (Å²) in [6.45, 7) is 3.52. The largest absolute Gasteiger partial charge is 0.396 e.